The van der Waals surface area contributed by atoms with Crippen molar-refractivity contribution in [1.82, 2.24) is 0 Å². The van der Waals surface area contributed by atoms with Crippen molar-refractivity contribution in [2.24, 2.45) is 17.3 Å². The second-order valence-electron chi connectivity index (χ2n) is 8.83. The molecule has 1 aliphatic carbocycles. The van der Waals surface area contributed by atoms with Crippen LogP contribution < -0.4 is 0 Å². The lowest BCUT2D eigenvalue weighted by molar-refractivity contribution is -0.159. The van der Waals surface area contributed by atoms with Crippen LogP contribution in [0.15, 0.2) is 23.8 Å². The van der Waals surface area contributed by atoms with Gasteiger partial charge in [0.15, 0.2) is 6.29 Å². The standard InChI is InChI=1S/C25H31ClO6/c1-13(7-8-18-23(30)19(12-27)14(2)22(26)24(18)31)9-10-25(6)15(3)20(29)11-21(16(25)4)32-17(5)28/h7,9-10,12,15-16,21,30-31H,8,11H2,1-6H3/b10-9+,13-7+/t15-,16+,21?,25+/m0/s1. The van der Waals surface area contributed by atoms with Crippen LogP contribution >= 0.6 is 11.6 Å². The minimum atomic E-state index is -0.521. The van der Waals surface area contributed by atoms with E-state index < -0.39 is 17.5 Å². The van der Waals surface area contributed by atoms with Crippen LogP contribution in [0.4, 0.5) is 0 Å². The summed E-state index contributed by atoms with van der Waals surface area (Å²) in [4.78, 5) is 35.3. The molecule has 1 saturated carbocycles. The van der Waals surface area contributed by atoms with Gasteiger partial charge in [0.2, 0.25) is 0 Å². The monoisotopic (exact) mass is 462 g/mol. The van der Waals surface area contributed by atoms with E-state index in [0.717, 1.165) is 5.57 Å². The molecule has 1 unspecified atom stereocenters. The number of ether oxygens (including phenoxy) is 1. The lowest BCUT2D eigenvalue weighted by Crippen LogP contribution is -2.48. The number of hydrogen-bond donors (Lipinski definition) is 2. The van der Waals surface area contributed by atoms with Crippen LogP contribution in [0.2, 0.25) is 5.02 Å². The smallest absolute Gasteiger partial charge is 0.302 e. The minimum Gasteiger partial charge on any atom is -0.507 e. The Bertz CT molecular complexity index is 993. The van der Waals surface area contributed by atoms with Gasteiger partial charge >= 0.3 is 5.97 Å². The van der Waals surface area contributed by atoms with Gasteiger partial charge in [0.05, 0.1) is 10.6 Å². The van der Waals surface area contributed by atoms with Crippen molar-refractivity contribution >= 4 is 29.6 Å². The molecule has 0 aliphatic heterocycles. The number of phenols is 2. The Morgan fingerprint density at radius 1 is 1.25 bits per heavy atom. The number of hydrogen-bond acceptors (Lipinski definition) is 6. The lowest BCUT2D eigenvalue weighted by atomic mass is 9.60. The molecular weight excluding hydrogens is 432 g/mol. The number of allylic oxidation sites excluding steroid dienone is 4. The second kappa shape index (κ2) is 9.90. The summed E-state index contributed by atoms with van der Waals surface area (Å²) in [6.45, 7) is 10.6. The third-order valence-corrected chi connectivity index (χ3v) is 7.36. The molecule has 0 amide bonds. The SMILES string of the molecule is CC(=O)OC1CC(=O)[C@H](C)[C@@](C)(/C=C/C(C)=C/Cc2c(O)c(Cl)c(C)c(C=O)c2O)[C@@H]1C. The van der Waals surface area contributed by atoms with Crippen LogP contribution in [-0.2, 0) is 20.7 Å². The molecule has 4 atom stereocenters. The number of aromatic hydroxyl groups is 2. The molecule has 0 spiro atoms. The summed E-state index contributed by atoms with van der Waals surface area (Å²) in [5.74, 6) is -1.21. The largest absolute Gasteiger partial charge is 0.507 e. The first-order chi connectivity index (χ1) is 14.8. The zero-order valence-electron chi connectivity index (χ0n) is 19.4. The molecule has 0 aromatic heterocycles. The van der Waals surface area contributed by atoms with E-state index >= 15 is 0 Å². The van der Waals surface area contributed by atoms with Gasteiger partial charge in [0.25, 0.3) is 0 Å². The van der Waals surface area contributed by atoms with Crippen molar-refractivity contribution in [3.05, 3.63) is 45.5 Å². The average molecular weight is 463 g/mol. The summed E-state index contributed by atoms with van der Waals surface area (Å²) < 4.78 is 5.39. The molecule has 1 aliphatic rings. The summed E-state index contributed by atoms with van der Waals surface area (Å²) in [6, 6.07) is 0. The van der Waals surface area contributed by atoms with E-state index in [4.69, 9.17) is 16.3 Å². The molecule has 7 heteroatoms. The van der Waals surface area contributed by atoms with Crippen LogP contribution in [0.1, 0.15) is 62.5 Å². The van der Waals surface area contributed by atoms with Gasteiger partial charge in [-0.1, -0.05) is 56.2 Å². The number of carbonyl (C=O) groups excluding carboxylic acids is 3. The van der Waals surface area contributed by atoms with E-state index in [2.05, 4.69) is 0 Å². The quantitative estimate of drug-likeness (QED) is 0.346. The van der Waals surface area contributed by atoms with Gasteiger partial charge in [-0.3, -0.25) is 14.4 Å². The molecule has 32 heavy (non-hydrogen) atoms. The maximum absolute atomic E-state index is 12.6. The first-order valence-electron chi connectivity index (χ1n) is 10.6. The first kappa shape index (κ1) is 25.7. The van der Waals surface area contributed by atoms with Crippen LogP contribution in [-0.4, -0.2) is 34.4 Å². The highest BCUT2D eigenvalue weighted by molar-refractivity contribution is 6.33. The van der Waals surface area contributed by atoms with Gasteiger partial charge in [-0.15, -0.1) is 0 Å². The van der Waals surface area contributed by atoms with Gasteiger partial charge < -0.3 is 14.9 Å². The zero-order valence-corrected chi connectivity index (χ0v) is 20.1. The number of halogens is 1. The fraction of sp³-hybridized carbons (Fsp3) is 0.480. The van der Waals surface area contributed by atoms with E-state index in [1.807, 2.05) is 39.8 Å². The Morgan fingerprint density at radius 2 is 1.88 bits per heavy atom. The fourth-order valence-corrected chi connectivity index (χ4v) is 4.42. The highest BCUT2D eigenvalue weighted by atomic mass is 35.5. The number of esters is 1. The molecule has 0 saturated heterocycles. The molecule has 0 radical (unpaired) electrons. The Balaban J connectivity index is 2.31. The Morgan fingerprint density at radius 3 is 2.44 bits per heavy atom. The summed E-state index contributed by atoms with van der Waals surface area (Å²) in [5.41, 5.74) is 0.854. The Hall–Kier alpha value is -2.60. The van der Waals surface area contributed by atoms with Crippen LogP contribution in [0.5, 0.6) is 11.5 Å². The minimum absolute atomic E-state index is 0.0360. The Kier molecular flexibility index (Phi) is 7.94. The van der Waals surface area contributed by atoms with E-state index in [0.29, 0.717) is 11.8 Å². The van der Waals surface area contributed by atoms with Crippen LogP contribution in [0.25, 0.3) is 0 Å². The number of Topliss-reactive ketones (excluding diaryl/α,β-unsaturated/α-hetero) is 1. The molecular formula is C25H31ClO6. The molecule has 6 nitrogen and oxygen atoms in total. The molecule has 0 heterocycles. The predicted octanol–water partition coefficient (Wildman–Crippen LogP) is 5.10. The number of aldehydes is 1. The van der Waals surface area contributed by atoms with Crippen molar-refractivity contribution < 1.29 is 29.3 Å². The van der Waals surface area contributed by atoms with Crippen molar-refractivity contribution in [3.8, 4) is 11.5 Å². The number of carbonyl (C=O) groups is 3. The fourth-order valence-electron chi connectivity index (χ4n) is 4.21. The van der Waals surface area contributed by atoms with Crippen molar-refractivity contribution in [1.29, 1.82) is 0 Å². The van der Waals surface area contributed by atoms with Gasteiger partial charge in [-0.2, -0.15) is 0 Å². The summed E-state index contributed by atoms with van der Waals surface area (Å²) in [6.07, 6.45) is 6.04. The van der Waals surface area contributed by atoms with Crippen molar-refractivity contribution in [2.75, 3.05) is 0 Å². The Labute approximate surface area is 193 Å². The summed E-state index contributed by atoms with van der Waals surface area (Å²) in [7, 11) is 0. The van der Waals surface area contributed by atoms with E-state index in [1.54, 1.807) is 13.0 Å². The maximum Gasteiger partial charge on any atom is 0.302 e. The number of benzene rings is 1. The third kappa shape index (κ3) is 4.90. The van der Waals surface area contributed by atoms with Crippen molar-refractivity contribution in [3.63, 3.8) is 0 Å². The van der Waals surface area contributed by atoms with E-state index in [-0.39, 0.29) is 58.1 Å². The van der Waals surface area contributed by atoms with E-state index in [9.17, 15) is 24.6 Å². The van der Waals surface area contributed by atoms with Gasteiger partial charge in [0, 0.05) is 36.2 Å². The first-order valence-corrected chi connectivity index (χ1v) is 11.0. The lowest BCUT2D eigenvalue weighted by Gasteiger charge is -2.45. The third-order valence-electron chi connectivity index (χ3n) is 6.89. The highest BCUT2D eigenvalue weighted by Crippen LogP contribution is 2.46. The topological polar surface area (TPSA) is 101 Å². The predicted molar refractivity (Wildman–Crippen MR) is 123 cm³/mol. The second-order valence-corrected chi connectivity index (χ2v) is 9.20. The number of phenolic OH excluding ortho intramolecular Hbond substituents is 2. The normalized spacial score (nSPS) is 26.4. The molecule has 1 aromatic carbocycles. The number of ketones is 1. The van der Waals surface area contributed by atoms with Gasteiger partial charge in [0.1, 0.15) is 23.4 Å². The summed E-state index contributed by atoms with van der Waals surface area (Å²) in [5, 5.41) is 20.8. The highest BCUT2D eigenvalue weighted by Gasteiger charge is 2.48. The van der Waals surface area contributed by atoms with Crippen molar-refractivity contribution in [2.45, 2.75) is 60.5 Å². The van der Waals surface area contributed by atoms with Crippen LogP contribution in [0, 0.1) is 24.2 Å². The molecule has 1 fully saturated rings. The van der Waals surface area contributed by atoms with E-state index in [1.165, 1.54) is 6.92 Å². The molecule has 2 rings (SSSR count). The molecule has 0 bridgehead atoms. The van der Waals surface area contributed by atoms with Gasteiger partial charge in [-0.05, 0) is 25.8 Å². The summed E-state index contributed by atoms with van der Waals surface area (Å²) >= 11 is 6.11. The molecule has 1 aromatic rings. The number of rotatable bonds is 6. The molecule has 174 valence electrons. The zero-order chi connectivity index (χ0) is 24.4. The van der Waals surface area contributed by atoms with Gasteiger partial charge in [-0.25, -0.2) is 0 Å². The average Bonchev–Trinajstić information content (AvgIpc) is 2.73. The maximum atomic E-state index is 12.6. The molecule has 2 N–H and O–H groups in total. The van der Waals surface area contributed by atoms with Crippen LogP contribution in [0.3, 0.4) is 0 Å².